The molecule has 0 unspecified atom stereocenters. The number of hydrogen-bond donors (Lipinski definition) is 1. The maximum Gasteiger partial charge on any atom is 0.293 e. The number of amides is 3. The molecular weight excluding hydrogens is 416 g/mol. The minimum atomic E-state index is -0.308. The summed E-state index contributed by atoms with van der Waals surface area (Å²) in [5.74, 6) is 0.211. The van der Waals surface area contributed by atoms with Gasteiger partial charge in [0.2, 0.25) is 0 Å². The molecule has 0 bridgehead atoms. The second-order valence-electron chi connectivity index (χ2n) is 7.26. The first-order chi connectivity index (χ1) is 14.8. The summed E-state index contributed by atoms with van der Waals surface area (Å²) in [6.45, 7) is 5.38. The Morgan fingerprint density at radius 1 is 1.13 bits per heavy atom. The van der Waals surface area contributed by atoms with Gasteiger partial charge in [0.05, 0.1) is 12.0 Å². The fourth-order valence-corrected chi connectivity index (χ4v) is 3.91. The van der Waals surface area contributed by atoms with E-state index in [4.69, 9.17) is 9.47 Å². The summed E-state index contributed by atoms with van der Waals surface area (Å²) in [4.78, 5) is 38.2. The molecule has 1 saturated heterocycles. The average molecular weight is 441 g/mol. The molecule has 3 amide bonds. The highest BCUT2D eigenvalue weighted by Gasteiger charge is 2.36. The van der Waals surface area contributed by atoms with Crippen molar-refractivity contribution in [1.82, 2.24) is 4.90 Å². The van der Waals surface area contributed by atoms with Gasteiger partial charge < -0.3 is 14.8 Å². The van der Waals surface area contributed by atoms with Crippen LogP contribution in [-0.2, 0) is 9.59 Å². The number of carbonyl (C=O) groups is 3. The second kappa shape index (κ2) is 9.70. The summed E-state index contributed by atoms with van der Waals surface area (Å²) >= 11 is 0.912. The summed E-state index contributed by atoms with van der Waals surface area (Å²) < 4.78 is 11.0. The molecule has 0 radical (unpaired) electrons. The van der Waals surface area contributed by atoms with Crippen LogP contribution in [0.1, 0.15) is 25.0 Å². The van der Waals surface area contributed by atoms with Gasteiger partial charge in [0.1, 0.15) is 0 Å². The van der Waals surface area contributed by atoms with E-state index in [1.54, 1.807) is 38.1 Å². The van der Waals surface area contributed by atoms with Crippen molar-refractivity contribution in [3.05, 3.63) is 58.5 Å². The molecule has 8 heteroatoms. The smallest absolute Gasteiger partial charge is 0.293 e. The minimum absolute atomic E-state index is 0.184. The Hall–Kier alpha value is -3.26. The number of rotatable bonds is 7. The molecule has 0 aromatic heterocycles. The van der Waals surface area contributed by atoms with Crippen LogP contribution < -0.4 is 14.8 Å². The van der Waals surface area contributed by atoms with Crippen LogP contribution in [0.3, 0.4) is 0 Å². The van der Waals surface area contributed by atoms with Crippen LogP contribution in [0.5, 0.6) is 11.5 Å². The summed E-state index contributed by atoms with van der Waals surface area (Å²) in [6, 6.07) is 12.4. The highest BCUT2D eigenvalue weighted by molar-refractivity contribution is 8.18. The molecule has 0 spiro atoms. The van der Waals surface area contributed by atoms with E-state index in [-0.39, 0.29) is 29.7 Å². The van der Waals surface area contributed by atoms with E-state index in [2.05, 4.69) is 5.32 Å². The number of hydrogen-bond acceptors (Lipinski definition) is 6. The minimum Gasteiger partial charge on any atom is -0.493 e. The van der Waals surface area contributed by atoms with Crippen LogP contribution >= 0.6 is 11.8 Å². The molecule has 7 nitrogen and oxygen atoms in total. The Balaban J connectivity index is 1.67. The van der Waals surface area contributed by atoms with Crippen molar-refractivity contribution in [3.63, 3.8) is 0 Å². The molecular formula is C23H24N2O5S. The van der Waals surface area contributed by atoms with Crippen molar-refractivity contribution < 1.29 is 23.9 Å². The van der Waals surface area contributed by atoms with Crippen LogP contribution in [-0.4, -0.2) is 41.7 Å². The molecule has 3 rings (SSSR count). The largest absolute Gasteiger partial charge is 0.493 e. The van der Waals surface area contributed by atoms with Crippen molar-refractivity contribution in [2.75, 3.05) is 19.0 Å². The van der Waals surface area contributed by atoms with Crippen molar-refractivity contribution in [1.29, 1.82) is 0 Å². The number of benzene rings is 2. The summed E-state index contributed by atoms with van der Waals surface area (Å²) in [5.41, 5.74) is 2.48. The van der Waals surface area contributed by atoms with Gasteiger partial charge in [-0.2, -0.15) is 0 Å². The molecule has 0 atom stereocenters. The van der Waals surface area contributed by atoms with Gasteiger partial charge in [-0.15, -0.1) is 0 Å². The molecule has 0 aliphatic carbocycles. The first kappa shape index (κ1) is 22.4. The zero-order valence-corrected chi connectivity index (χ0v) is 18.6. The van der Waals surface area contributed by atoms with E-state index in [1.807, 2.05) is 31.2 Å². The predicted octanol–water partition coefficient (Wildman–Crippen LogP) is 4.47. The van der Waals surface area contributed by atoms with E-state index >= 15 is 0 Å². The number of methoxy groups -OCH3 is 1. The monoisotopic (exact) mass is 440 g/mol. The lowest BCUT2D eigenvalue weighted by Crippen LogP contribution is -2.34. The zero-order chi connectivity index (χ0) is 22.5. The molecule has 0 saturated carbocycles. The standard InChI is InChI=1S/C23H24N2O5S/c1-14(2)25-22(27)20(31-23(25)28)12-16-7-10-18(19(11-16)29-4)30-13-21(26)24-17-8-5-15(3)6-9-17/h5-12,14H,13H2,1-4H3,(H,24,26)/b20-12-. The number of thioether (sulfide) groups is 1. The number of anilines is 1. The Bertz CT molecular complexity index is 1030. The van der Waals surface area contributed by atoms with E-state index < -0.39 is 0 Å². The lowest BCUT2D eigenvalue weighted by Gasteiger charge is -2.16. The van der Waals surface area contributed by atoms with Gasteiger partial charge in [0.25, 0.3) is 17.1 Å². The number of nitrogens with zero attached hydrogens (tertiary/aromatic N) is 1. The number of nitrogens with one attached hydrogen (secondary N) is 1. The first-order valence-electron chi connectivity index (χ1n) is 9.73. The molecule has 1 heterocycles. The molecule has 1 aliphatic heterocycles. The number of carbonyl (C=O) groups excluding carboxylic acids is 3. The van der Waals surface area contributed by atoms with Crippen molar-refractivity contribution in [2.24, 2.45) is 0 Å². The van der Waals surface area contributed by atoms with E-state index in [9.17, 15) is 14.4 Å². The van der Waals surface area contributed by atoms with Crippen molar-refractivity contribution >= 4 is 40.6 Å². The van der Waals surface area contributed by atoms with Crippen molar-refractivity contribution in [2.45, 2.75) is 26.8 Å². The predicted molar refractivity (Wildman–Crippen MR) is 121 cm³/mol. The van der Waals surface area contributed by atoms with Crippen LogP contribution in [0.15, 0.2) is 47.4 Å². The Labute approximate surface area is 185 Å². The van der Waals surface area contributed by atoms with Crippen LogP contribution in [0, 0.1) is 6.92 Å². The van der Waals surface area contributed by atoms with Gasteiger partial charge in [0, 0.05) is 11.7 Å². The van der Waals surface area contributed by atoms with Gasteiger partial charge in [-0.25, -0.2) is 0 Å². The molecule has 2 aromatic rings. The maximum absolute atomic E-state index is 12.4. The van der Waals surface area contributed by atoms with Gasteiger partial charge in [-0.1, -0.05) is 23.8 Å². The molecule has 1 N–H and O–H groups in total. The summed E-state index contributed by atoms with van der Waals surface area (Å²) in [6.07, 6.45) is 1.64. The van der Waals surface area contributed by atoms with E-state index in [0.29, 0.717) is 27.7 Å². The lowest BCUT2D eigenvalue weighted by atomic mass is 10.1. The molecule has 31 heavy (non-hydrogen) atoms. The highest BCUT2D eigenvalue weighted by Crippen LogP contribution is 2.35. The topological polar surface area (TPSA) is 84.9 Å². The van der Waals surface area contributed by atoms with E-state index in [1.165, 1.54) is 12.0 Å². The summed E-state index contributed by atoms with van der Waals surface area (Å²) in [7, 11) is 1.49. The van der Waals surface area contributed by atoms with Crippen LogP contribution in [0.2, 0.25) is 0 Å². The zero-order valence-electron chi connectivity index (χ0n) is 17.8. The van der Waals surface area contributed by atoms with Gasteiger partial charge in [-0.3, -0.25) is 19.3 Å². The fraction of sp³-hybridized carbons (Fsp3) is 0.261. The molecule has 162 valence electrons. The third-order valence-electron chi connectivity index (χ3n) is 4.52. The Morgan fingerprint density at radius 2 is 1.84 bits per heavy atom. The van der Waals surface area contributed by atoms with Crippen molar-refractivity contribution in [3.8, 4) is 11.5 Å². The highest BCUT2D eigenvalue weighted by atomic mass is 32.2. The third kappa shape index (κ3) is 5.46. The molecule has 1 fully saturated rings. The van der Waals surface area contributed by atoms with Gasteiger partial charge in [0.15, 0.2) is 18.1 Å². The number of aryl methyl sites for hydroxylation is 1. The quantitative estimate of drug-likeness (QED) is 0.640. The van der Waals surface area contributed by atoms with Gasteiger partial charge in [-0.05, 0) is 68.4 Å². The first-order valence-corrected chi connectivity index (χ1v) is 10.5. The lowest BCUT2D eigenvalue weighted by molar-refractivity contribution is -0.123. The fourth-order valence-electron chi connectivity index (χ4n) is 2.95. The summed E-state index contributed by atoms with van der Waals surface area (Å²) in [5, 5.41) is 2.49. The number of imide groups is 1. The third-order valence-corrected chi connectivity index (χ3v) is 5.40. The normalized spacial score (nSPS) is 15.0. The second-order valence-corrected chi connectivity index (χ2v) is 8.25. The molecule has 2 aromatic carbocycles. The Morgan fingerprint density at radius 3 is 2.45 bits per heavy atom. The van der Waals surface area contributed by atoms with Crippen LogP contribution in [0.25, 0.3) is 6.08 Å². The number of ether oxygens (including phenoxy) is 2. The maximum atomic E-state index is 12.4. The molecule has 1 aliphatic rings. The van der Waals surface area contributed by atoms with E-state index in [0.717, 1.165) is 17.3 Å². The average Bonchev–Trinajstić information content (AvgIpc) is 3.01. The van der Waals surface area contributed by atoms with Gasteiger partial charge >= 0.3 is 0 Å². The Kier molecular flexibility index (Phi) is 7.02. The van der Waals surface area contributed by atoms with Crippen LogP contribution in [0.4, 0.5) is 10.5 Å². The SMILES string of the molecule is COc1cc(/C=C2\SC(=O)N(C(C)C)C2=O)ccc1OCC(=O)Nc1ccc(C)cc1.